The van der Waals surface area contributed by atoms with Crippen molar-refractivity contribution in [1.29, 1.82) is 0 Å². The van der Waals surface area contributed by atoms with Crippen LogP contribution in [0.3, 0.4) is 0 Å². The second-order valence-corrected chi connectivity index (χ2v) is 4.75. The number of rotatable bonds is 4. The summed E-state index contributed by atoms with van der Waals surface area (Å²) in [5, 5.41) is 0. The van der Waals surface area contributed by atoms with Gasteiger partial charge in [0, 0.05) is 17.5 Å². The van der Waals surface area contributed by atoms with Crippen LogP contribution in [0.2, 0.25) is 0 Å². The molecule has 2 rings (SSSR count). The summed E-state index contributed by atoms with van der Waals surface area (Å²) in [6.07, 6.45) is -0.391. The Kier molecular flexibility index (Phi) is 5.53. The van der Waals surface area contributed by atoms with E-state index in [0.717, 1.165) is 0 Å². The molecule has 0 aromatic heterocycles. The first-order chi connectivity index (χ1) is 12.7. The molecule has 0 aliphatic carbocycles. The molecule has 0 aliphatic heterocycles. The third-order valence-electron chi connectivity index (χ3n) is 3.33. The normalized spacial score (nSPS) is 10.4. The van der Waals surface area contributed by atoms with Crippen LogP contribution in [0.4, 0.5) is 46.5 Å². The van der Waals surface area contributed by atoms with Gasteiger partial charge in [0.15, 0.2) is 57.9 Å². The molecule has 0 spiro atoms. The second-order valence-electron chi connectivity index (χ2n) is 4.75. The van der Waals surface area contributed by atoms with E-state index in [1.165, 1.54) is 0 Å². The van der Waals surface area contributed by atoms with Crippen molar-refractivity contribution < 1.29 is 44.7 Å². The van der Waals surface area contributed by atoms with Crippen molar-refractivity contribution in [2.45, 2.75) is 6.42 Å². The van der Waals surface area contributed by atoms with Crippen LogP contribution in [0.15, 0.2) is 9.98 Å². The molecule has 0 fully saturated rings. The molecule has 0 amide bonds. The zero-order valence-corrected chi connectivity index (χ0v) is 12.4. The van der Waals surface area contributed by atoms with Crippen LogP contribution in [0.25, 0.3) is 0 Å². The van der Waals surface area contributed by atoms with Gasteiger partial charge in [-0.3, -0.25) is 0 Å². The molecule has 0 radical (unpaired) electrons. The summed E-state index contributed by atoms with van der Waals surface area (Å²) in [7, 11) is 0. The van der Waals surface area contributed by atoms with Crippen molar-refractivity contribution in [2.75, 3.05) is 0 Å². The van der Waals surface area contributed by atoms with Crippen molar-refractivity contribution in [3.05, 3.63) is 57.7 Å². The van der Waals surface area contributed by atoms with Gasteiger partial charge in [0.1, 0.15) is 0 Å². The molecule has 140 valence electrons. The number of hydrogen-bond donors (Lipinski definition) is 0. The van der Waals surface area contributed by atoms with Gasteiger partial charge in [0.05, 0.1) is 0 Å². The largest absolute Gasteiger partial charge is 0.240 e. The summed E-state index contributed by atoms with van der Waals surface area (Å²) in [6, 6.07) is 0. The predicted octanol–water partition coefficient (Wildman–Crippen LogP) is 4.32. The molecule has 2 aromatic rings. The van der Waals surface area contributed by atoms with Crippen LogP contribution in [-0.4, -0.2) is 12.2 Å². The van der Waals surface area contributed by atoms with Crippen molar-refractivity contribution in [1.82, 2.24) is 0 Å². The van der Waals surface area contributed by atoms with E-state index in [0.29, 0.717) is 12.2 Å². The topological polar surface area (TPSA) is 58.9 Å². The number of hydrogen-bond acceptors (Lipinski definition) is 4. The van der Waals surface area contributed by atoms with Gasteiger partial charge in [-0.1, -0.05) is 0 Å². The average Bonchev–Trinajstić information content (AvgIpc) is 2.65. The van der Waals surface area contributed by atoms with Crippen LogP contribution < -0.4 is 0 Å². The lowest BCUT2D eigenvalue weighted by molar-refractivity contribution is 0.430. The summed E-state index contributed by atoms with van der Waals surface area (Å²) >= 11 is 0. The summed E-state index contributed by atoms with van der Waals surface area (Å²) < 4.78 is 110. The van der Waals surface area contributed by atoms with E-state index in [4.69, 9.17) is 0 Å². The van der Waals surface area contributed by atoms with E-state index in [-0.39, 0.29) is 0 Å². The molecule has 4 nitrogen and oxygen atoms in total. The van der Waals surface area contributed by atoms with Gasteiger partial charge in [-0.05, 0) is 0 Å². The first-order valence-corrected chi connectivity index (χ1v) is 6.52. The van der Waals surface area contributed by atoms with E-state index in [9.17, 15) is 44.7 Å². The highest BCUT2D eigenvalue weighted by molar-refractivity contribution is 5.54. The third kappa shape index (κ3) is 3.23. The quantitative estimate of drug-likeness (QED) is 0.336. The van der Waals surface area contributed by atoms with Crippen LogP contribution in [0, 0.1) is 46.5 Å². The predicted molar refractivity (Wildman–Crippen MR) is 70.9 cm³/mol. The molecule has 0 saturated carbocycles. The Morgan fingerprint density at radius 3 is 1.00 bits per heavy atom. The van der Waals surface area contributed by atoms with Crippen molar-refractivity contribution in [3.63, 3.8) is 0 Å². The molecule has 0 atom stereocenters. The molecule has 27 heavy (non-hydrogen) atoms. The van der Waals surface area contributed by atoms with Crippen molar-refractivity contribution in [2.24, 2.45) is 9.98 Å². The highest BCUT2D eigenvalue weighted by Gasteiger charge is 2.30. The van der Waals surface area contributed by atoms with Gasteiger partial charge in [0.2, 0.25) is 12.2 Å². The maximum Gasteiger partial charge on any atom is 0.240 e. The molecule has 0 N–H and O–H groups in total. The molecule has 2 aromatic carbocycles. The zero-order chi connectivity index (χ0) is 20.5. The van der Waals surface area contributed by atoms with Crippen molar-refractivity contribution >= 4 is 23.5 Å². The summed E-state index contributed by atoms with van der Waals surface area (Å²) in [5.74, 6) is -17.6. The van der Waals surface area contributed by atoms with E-state index in [1.807, 2.05) is 0 Å². The maximum atomic E-state index is 13.9. The lowest BCUT2D eigenvalue weighted by atomic mass is 10.0. The van der Waals surface area contributed by atoms with Crippen LogP contribution in [0.1, 0.15) is 11.1 Å². The first-order valence-electron chi connectivity index (χ1n) is 6.52. The van der Waals surface area contributed by atoms with Gasteiger partial charge in [-0.25, -0.2) is 44.7 Å². The molecular weight excluding hydrogens is 392 g/mol. The van der Waals surface area contributed by atoms with Gasteiger partial charge in [-0.2, -0.15) is 9.98 Å². The molecule has 0 bridgehead atoms. The maximum absolute atomic E-state index is 13.9. The number of aliphatic imine (C=N–C) groups is 2. The van der Waals surface area contributed by atoms with Gasteiger partial charge < -0.3 is 0 Å². The van der Waals surface area contributed by atoms with Gasteiger partial charge >= 0.3 is 0 Å². The van der Waals surface area contributed by atoms with Gasteiger partial charge in [0.25, 0.3) is 0 Å². The smallest absolute Gasteiger partial charge is 0.211 e. The fraction of sp³-hybridized carbons (Fsp3) is 0.0667. The Morgan fingerprint density at radius 2 is 0.778 bits per heavy atom. The fourth-order valence-corrected chi connectivity index (χ4v) is 2.11. The van der Waals surface area contributed by atoms with Crippen molar-refractivity contribution in [3.8, 4) is 0 Å². The third-order valence-corrected chi connectivity index (χ3v) is 3.33. The molecular formula is C15H2F8N2O2. The van der Waals surface area contributed by atoms with Crippen LogP contribution in [-0.2, 0) is 16.0 Å². The van der Waals surface area contributed by atoms with Crippen LogP contribution in [0.5, 0.6) is 0 Å². The minimum atomic E-state index is -2.21. The van der Waals surface area contributed by atoms with E-state index < -0.39 is 75.5 Å². The van der Waals surface area contributed by atoms with E-state index in [2.05, 4.69) is 9.98 Å². The van der Waals surface area contributed by atoms with E-state index >= 15 is 0 Å². The molecule has 0 aliphatic rings. The van der Waals surface area contributed by atoms with Crippen LogP contribution >= 0.6 is 0 Å². The Hall–Kier alpha value is -3.36. The highest BCUT2D eigenvalue weighted by Crippen LogP contribution is 2.35. The Bertz CT molecular complexity index is 915. The SMILES string of the molecule is O=C=Nc1c(F)c(F)c(Cc2c(F)c(F)c(N=C=O)c(F)c2F)c(F)c1F. The fourth-order valence-electron chi connectivity index (χ4n) is 2.11. The lowest BCUT2D eigenvalue weighted by Crippen LogP contribution is -2.09. The summed E-state index contributed by atoms with van der Waals surface area (Å²) in [4.78, 5) is 24.9. The Morgan fingerprint density at radius 1 is 0.519 bits per heavy atom. The molecule has 0 saturated heterocycles. The standard InChI is InChI=1S/C15H2F8N2O2/c16-6-4(7(17)11(21)14(10(6)20)24-2-26)1-5-8(18)12(22)15(25-3-27)13(23)9(5)19/h1H2. The Balaban J connectivity index is 2.76. The number of benzene rings is 2. The Labute approximate surface area is 143 Å². The number of isocyanates is 2. The molecule has 12 heteroatoms. The number of nitrogens with zero attached hydrogens (tertiary/aromatic N) is 2. The molecule has 0 heterocycles. The highest BCUT2D eigenvalue weighted by atomic mass is 19.2. The number of carbonyl (C=O) groups excluding carboxylic acids is 2. The number of halogens is 8. The van der Waals surface area contributed by atoms with E-state index in [1.54, 1.807) is 0 Å². The van der Waals surface area contributed by atoms with Gasteiger partial charge in [-0.15, -0.1) is 0 Å². The minimum Gasteiger partial charge on any atom is -0.211 e. The minimum absolute atomic E-state index is 0.641. The summed E-state index contributed by atoms with van der Waals surface area (Å²) in [6.45, 7) is 0. The second kappa shape index (κ2) is 7.48. The first kappa shape index (κ1) is 20.0. The zero-order valence-electron chi connectivity index (χ0n) is 12.4. The lowest BCUT2D eigenvalue weighted by Gasteiger charge is -2.12. The average molecular weight is 394 g/mol. The molecule has 0 unspecified atom stereocenters. The monoisotopic (exact) mass is 394 g/mol. The summed E-state index contributed by atoms with van der Waals surface area (Å²) in [5.41, 5.74) is -6.67.